The van der Waals surface area contributed by atoms with Crippen molar-refractivity contribution in [2.75, 3.05) is 4.90 Å². The zero-order chi connectivity index (χ0) is 18.1. The van der Waals surface area contributed by atoms with Crippen molar-refractivity contribution in [2.24, 2.45) is 0 Å². The Morgan fingerprint density at radius 1 is 1.20 bits per heavy atom. The Kier molecular flexibility index (Phi) is 4.59. The lowest BCUT2D eigenvalue weighted by molar-refractivity contribution is -0.118. The molecule has 4 nitrogen and oxygen atoms in total. The van der Waals surface area contributed by atoms with E-state index in [1.54, 1.807) is 37.3 Å². The van der Waals surface area contributed by atoms with Crippen molar-refractivity contribution in [1.29, 1.82) is 0 Å². The van der Waals surface area contributed by atoms with E-state index in [9.17, 15) is 19.1 Å². The smallest absolute Gasteiger partial charge is 0.294 e. The van der Waals surface area contributed by atoms with Crippen LogP contribution in [0, 0.1) is 5.82 Å². The van der Waals surface area contributed by atoms with Gasteiger partial charge in [-0.05, 0) is 30.3 Å². The lowest BCUT2D eigenvalue weighted by Gasteiger charge is -2.27. The maximum absolute atomic E-state index is 14.4. The normalized spacial score (nSPS) is 17.3. The molecule has 2 aromatic carbocycles. The molecule has 1 N–H and O–H groups in total. The molecule has 0 fully saturated rings. The van der Waals surface area contributed by atoms with E-state index in [-0.39, 0.29) is 17.6 Å². The number of amides is 1. The first-order valence-corrected chi connectivity index (χ1v) is 8.13. The molecule has 1 unspecified atom stereocenters. The van der Waals surface area contributed by atoms with Crippen LogP contribution in [0.15, 0.2) is 59.9 Å². The first kappa shape index (κ1) is 17.2. The highest BCUT2D eigenvalue weighted by Gasteiger charge is 2.44. The fraction of sp³-hybridized carbons (Fsp3) is 0.158. The molecule has 0 aliphatic carbocycles. The van der Waals surface area contributed by atoms with Gasteiger partial charge in [0, 0.05) is 22.7 Å². The van der Waals surface area contributed by atoms with Crippen LogP contribution in [-0.2, 0) is 9.59 Å². The average Bonchev–Trinajstić information content (AvgIpc) is 2.87. The molecule has 1 aliphatic heterocycles. The van der Waals surface area contributed by atoms with Crippen molar-refractivity contribution < 1.29 is 19.1 Å². The highest BCUT2D eigenvalue weighted by molar-refractivity contribution is 6.30. The second-order valence-electron chi connectivity index (χ2n) is 5.61. The SMILES string of the molecule is CCC(=O)C1=C(O)C(=O)N(c2ccc(Cl)cc2)C1c1ccccc1F. The third-order valence-corrected chi connectivity index (χ3v) is 4.39. The van der Waals surface area contributed by atoms with Crippen LogP contribution in [0.2, 0.25) is 5.02 Å². The summed E-state index contributed by atoms with van der Waals surface area (Å²) in [6.45, 7) is 1.62. The highest BCUT2D eigenvalue weighted by atomic mass is 35.5. The van der Waals surface area contributed by atoms with Gasteiger partial charge in [0.15, 0.2) is 11.5 Å². The molecule has 0 saturated heterocycles. The lowest BCUT2D eigenvalue weighted by atomic mass is 9.94. The summed E-state index contributed by atoms with van der Waals surface area (Å²) in [5.74, 6) is -2.35. The summed E-state index contributed by atoms with van der Waals surface area (Å²) in [6, 6.07) is 11.2. The van der Waals surface area contributed by atoms with E-state index in [0.29, 0.717) is 10.7 Å². The number of aliphatic hydroxyl groups excluding tert-OH is 1. The summed E-state index contributed by atoms with van der Waals surface area (Å²) in [6.07, 6.45) is 0.0894. The standard InChI is InChI=1S/C19H15ClFNO3/c1-2-15(23)16-17(13-5-3-4-6-14(13)21)22(19(25)18(16)24)12-9-7-11(20)8-10-12/h3-10,17,24H,2H2,1H3. The Hall–Kier alpha value is -2.66. The van der Waals surface area contributed by atoms with Crippen LogP contribution < -0.4 is 4.90 Å². The molecule has 25 heavy (non-hydrogen) atoms. The van der Waals surface area contributed by atoms with Gasteiger partial charge in [0.05, 0.1) is 11.6 Å². The van der Waals surface area contributed by atoms with Gasteiger partial charge in [0.25, 0.3) is 5.91 Å². The molecule has 1 amide bonds. The number of carbonyl (C=O) groups excluding carboxylic acids is 2. The molecule has 6 heteroatoms. The summed E-state index contributed by atoms with van der Waals surface area (Å²) in [4.78, 5) is 26.2. The number of benzene rings is 2. The number of ketones is 1. The Morgan fingerprint density at radius 3 is 2.44 bits per heavy atom. The molecule has 1 aliphatic rings. The first-order valence-electron chi connectivity index (χ1n) is 7.75. The van der Waals surface area contributed by atoms with Crippen molar-refractivity contribution in [2.45, 2.75) is 19.4 Å². The van der Waals surface area contributed by atoms with Gasteiger partial charge < -0.3 is 5.11 Å². The molecular weight excluding hydrogens is 345 g/mol. The molecule has 0 aromatic heterocycles. The number of halogens is 2. The Labute approximate surface area is 149 Å². The Balaban J connectivity index is 2.21. The second kappa shape index (κ2) is 6.69. The van der Waals surface area contributed by atoms with Crippen molar-refractivity contribution in [1.82, 2.24) is 0 Å². The highest BCUT2D eigenvalue weighted by Crippen LogP contribution is 2.42. The fourth-order valence-corrected chi connectivity index (χ4v) is 3.07. The van der Waals surface area contributed by atoms with E-state index in [1.807, 2.05) is 0 Å². The van der Waals surface area contributed by atoms with Gasteiger partial charge in [-0.15, -0.1) is 0 Å². The third-order valence-electron chi connectivity index (χ3n) is 4.13. The number of nitrogens with zero attached hydrogens (tertiary/aromatic N) is 1. The second-order valence-corrected chi connectivity index (χ2v) is 6.05. The number of rotatable bonds is 4. The number of hydrogen-bond donors (Lipinski definition) is 1. The van der Waals surface area contributed by atoms with Crippen LogP contribution in [0.3, 0.4) is 0 Å². The van der Waals surface area contributed by atoms with Crippen LogP contribution in [0.1, 0.15) is 24.9 Å². The van der Waals surface area contributed by atoms with Crippen molar-refractivity contribution in [3.05, 3.63) is 76.3 Å². The molecule has 0 saturated carbocycles. The van der Waals surface area contributed by atoms with Crippen LogP contribution in [0.5, 0.6) is 0 Å². The zero-order valence-electron chi connectivity index (χ0n) is 13.4. The quantitative estimate of drug-likeness (QED) is 0.882. The average molecular weight is 360 g/mol. The Bertz CT molecular complexity index is 876. The summed E-state index contributed by atoms with van der Waals surface area (Å²) in [7, 11) is 0. The van der Waals surface area contributed by atoms with Gasteiger partial charge in [0.2, 0.25) is 0 Å². The van der Waals surface area contributed by atoms with Gasteiger partial charge in [-0.25, -0.2) is 4.39 Å². The minimum Gasteiger partial charge on any atom is -0.503 e. The summed E-state index contributed by atoms with van der Waals surface area (Å²) < 4.78 is 14.4. The lowest BCUT2D eigenvalue weighted by Crippen LogP contribution is -2.31. The molecule has 0 bridgehead atoms. The number of carbonyl (C=O) groups is 2. The van der Waals surface area contributed by atoms with E-state index in [1.165, 1.54) is 23.1 Å². The molecule has 2 aromatic rings. The molecule has 0 spiro atoms. The molecule has 1 atom stereocenters. The third kappa shape index (κ3) is 2.91. The van der Waals surface area contributed by atoms with E-state index < -0.39 is 29.3 Å². The predicted molar refractivity (Wildman–Crippen MR) is 93.0 cm³/mol. The van der Waals surface area contributed by atoms with Crippen LogP contribution in [0.4, 0.5) is 10.1 Å². The van der Waals surface area contributed by atoms with Gasteiger partial charge >= 0.3 is 0 Å². The van der Waals surface area contributed by atoms with Crippen LogP contribution in [-0.4, -0.2) is 16.8 Å². The van der Waals surface area contributed by atoms with Gasteiger partial charge in [-0.2, -0.15) is 0 Å². The summed E-state index contributed by atoms with van der Waals surface area (Å²) >= 11 is 5.89. The Morgan fingerprint density at radius 2 is 1.84 bits per heavy atom. The molecule has 1 heterocycles. The minimum atomic E-state index is -1.03. The minimum absolute atomic E-state index is 0.0894. The fourth-order valence-electron chi connectivity index (χ4n) is 2.94. The monoisotopic (exact) mass is 359 g/mol. The van der Waals surface area contributed by atoms with Crippen LogP contribution >= 0.6 is 11.6 Å². The van der Waals surface area contributed by atoms with Crippen molar-refractivity contribution >= 4 is 29.0 Å². The van der Waals surface area contributed by atoms with E-state index >= 15 is 0 Å². The first-order chi connectivity index (χ1) is 12.0. The molecule has 128 valence electrons. The molecule has 3 rings (SSSR count). The maximum atomic E-state index is 14.4. The topological polar surface area (TPSA) is 57.6 Å². The molecule has 0 radical (unpaired) electrons. The van der Waals surface area contributed by atoms with Gasteiger partial charge in [-0.1, -0.05) is 36.7 Å². The van der Waals surface area contributed by atoms with Crippen molar-refractivity contribution in [3.8, 4) is 0 Å². The number of hydrogen-bond acceptors (Lipinski definition) is 3. The number of Topliss-reactive ketones (excluding diaryl/α,β-unsaturated/α-hetero) is 1. The zero-order valence-corrected chi connectivity index (χ0v) is 14.1. The molecular formula is C19H15ClFNO3. The van der Waals surface area contributed by atoms with Crippen molar-refractivity contribution in [3.63, 3.8) is 0 Å². The summed E-state index contributed by atoms with van der Waals surface area (Å²) in [5, 5.41) is 10.8. The summed E-state index contributed by atoms with van der Waals surface area (Å²) in [5.41, 5.74) is 0.465. The maximum Gasteiger partial charge on any atom is 0.294 e. The number of anilines is 1. The van der Waals surface area contributed by atoms with E-state index in [4.69, 9.17) is 11.6 Å². The van der Waals surface area contributed by atoms with E-state index in [2.05, 4.69) is 0 Å². The largest absolute Gasteiger partial charge is 0.503 e. The van der Waals surface area contributed by atoms with Gasteiger partial charge in [-0.3, -0.25) is 14.5 Å². The number of aliphatic hydroxyl groups is 1. The van der Waals surface area contributed by atoms with E-state index in [0.717, 1.165) is 0 Å². The van der Waals surface area contributed by atoms with Crippen LogP contribution in [0.25, 0.3) is 0 Å². The predicted octanol–water partition coefficient (Wildman–Crippen LogP) is 4.36. The van der Waals surface area contributed by atoms with Gasteiger partial charge in [0.1, 0.15) is 5.82 Å².